The molecule has 100 valence electrons. The van der Waals surface area contributed by atoms with Crippen molar-refractivity contribution in [3.8, 4) is 17.1 Å². The highest BCUT2D eigenvalue weighted by atomic mass is 35.5. The van der Waals surface area contributed by atoms with Crippen molar-refractivity contribution in [1.82, 2.24) is 9.97 Å². The summed E-state index contributed by atoms with van der Waals surface area (Å²) in [4.78, 5) is 18.8. The minimum atomic E-state index is -0.234. The van der Waals surface area contributed by atoms with Crippen LogP contribution in [0, 0.1) is 0 Å². The maximum Gasteiger partial charge on any atom is 0.256 e. The summed E-state index contributed by atoms with van der Waals surface area (Å²) in [7, 11) is 1.52. The Balaban J connectivity index is 2.63. The summed E-state index contributed by atoms with van der Waals surface area (Å²) >= 11 is 5.90. The van der Waals surface area contributed by atoms with E-state index in [0.717, 1.165) is 0 Å². The summed E-state index contributed by atoms with van der Waals surface area (Å²) in [6, 6.07) is 5.08. The molecule has 5 nitrogen and oxygen atoms in total. The summed E-state index contributed by atoms with van der Waals surface area (Å²) in [5, 5.41) is 0.543. The van der Waals surface area contributed by atoms with E-state index in [4.69, 9.17) is 22.1 Å². The summed E-state index contributed by atoms with van der Waals surface area (Å²) < 4.78 is 5.23. The number of benzene rings is 1. The zero-order valence-corrected chi connectivity index (χ0v) is 11.4. The van der Waals surface area contributed by atoms with Crippen molar-refractivity contribution in [3.05, 3.63) is 39.1 Å². The molecular weight excluding hydrogens is 266 g/mol. The van der Waals surface area contributed by atoms with Crippen molar-refractivity contribution in [2.24, 2.45) is 0 Å². The van der Waals surface area contributed by atoms with E-state index in [1.807, 2.05) is 6.92 Å². The van der Waals surface area contributed by atoms with E-state index >= 15 is 0 Å². The van der Waals surface area contributed by atoms with E-state index in [1.54, 1.807) is 18.2 Å². The van der Waals surface area contributed by atoms with Gasteiger partial charge in [-0.05, 0) is 24.6 Å². The first-order chi connectivity index (χ1) is 9.06. The molecule has 1 aromatic carbocycles. The number of halogens is 1. The standard InChI is InChI=1S/C13H14ClN3O2/c1-3-8-11(15)16-12(17-13(8)18)9-5-4-7(14)6-10(9)19-2/h4-6H,3H2,1-2H3,(H3,15,16,17,18). The van der Waals surface area contributed by atoms with Crippen LogP contribution in [0.2, 0.25) is 5.02 Å². The smallest absolute Gasteiger partial charge is 0.256 e. The summed E-state index contributed by atoms with van der Waals surface area (Å²) in [5.41, 5.74) is 6.68. The van der Waals surface area contributed by atoms with Crippen LogP contribution >= 0.6 is 11.6 Å². The monoisotopic (exact) mass is 279 g/mol. The van der Waals surface area contributed by atoms with Gasteiger partial charge in [-0.3, -0.25) is 4.79 Å². The molecular formula is C13H14ClN3O2. The number of aromatic amines is 1. The molecule has 1 heterocycles. The average Bonchev–Trinajstić information content (AvgIpc) is 2.38. The van der Waals surface area contributed by atoms with E-state index in [9.17, 15) is 4.79 Å². The third kappa shape index (κ3) is 2.56. The number of anilines is 1. The lowest BCUT2D eigenvalue weighted by molar-refractivity contribution is 0.416. The first kappa shape index (κ1) is 13.4. The zero-order chi connectivity index (χ0) is 14.0. The fraction of sp³-hybridized carbons (Fsp3) is 0.231. The third-order valence-electron chi connectivity index (χ3n) is 2.82. The van der Waals surface area contributed by atoms with Crippen LogP contribution in [0.5, 0.6) is 5.75 Å². The number of hydrogen-bond donors (Lipinski definition) is 2. The molecule has 3 N–H and O–H groups in total. The Bertz CT molecular complexity index is 667. The summed E-state index contributed by atoms with van der Waals surface area (Å²) in [6.07, 6.45) is 0.534. The van der Waals surface area contributed by atoms with Crippen molar-refractivity contribution in [2.75, 3.05) is 12.8 Å². The highest BCUT2D eigenvalue weighted by Gasteiger charge is 2.12. The third-order valence-corrected chi connectivity index (χ3v) is 3.05. The van der Waals surface area contributed by atoms with Crippen LogP contribution in [0.25, 0.3) is 11.4 Å². The number of nitrogens with one attached hydrogen (secondary N) is 1. The van der Waals surface area contributed by atoms with Crippen LogP contribution in [0.4, 0.5) is 5.82 Å². The van der Waals surface area contributed by atoms with Gasteiger partial charge in [-0.25, -0.2) is 4.98 Å². The topological polar surface area (TPSA) is 81.0 Å². The lowest BCUT2D eigenvalue weighted by Gasteiger charge is -2.09. The second-order valence-corrected chi connectivity index (χ2v) is 4.41. The van der Waals surface area contributed by atoms with Gasteiger partial charge in [0.25, 0.3) is 5.56 Å². The molecule has 19 heavy (non-hydrogen) atoms. The number of hydrogen-bond acceptors (Lipinski definition) is 4. The average molecular weight is 280 g/mol. The number of rotatable bonds is 3. The molecule has 0 bridgehead atoms. The zero-order valence-electron chi connectivity index (χ0n) is 10.7. The number of aromatic nitrogens is 2. The fourth-order valence-corrected chi connectivity index (χ4v) is 2.01. The highest BCUT2D eigenvalue weighted by molar-refractivity contribution is 6.30. The minimum Gasteiger partial charge on any atom is -0.496 e. The van der Waals surface area contributed by atoms with Gasteiger partial charge in [0, 0.05) is 5.02 Å². The molecule has 0 fully saturated rings. The lowest BCUT2D eigenvalue weighted by Crippen LogP contribution is -2.17. The molecule has 0 aliphatic rings. The first-order valence-electron chi connectivity index (χ1n) is 5.79. The number of nitrogen functional groups attached to an aromatic ring is 1. The van der Waals surface area contributed by atoms with Crippen molar-refractivity contribution in [3.63, 3.8) is 0 Å². The van der Waals surface area contributed by atoms with Crippen LogP contribution in [0.3, 0.4) is 0 Å². The van der Waals surface area contributed by atoms with Gasteiger partial charge in [-0.2, -0.15) is 0 Å². The SMILES string of the molecule is CCc1c(N)nc(-c2ccc(Cl)cc2OC)[nH]c1=O. The largest absolute Gasteiger partial charge is 0.496 e. The van der Waals surface area contributed by atoms with E-state index in [2.05, 4.69) is 9.97 Å². The second kappa shape index (κ2) is 5.32. The Morgan fingerprint density at radius 1 is 1.47 bits per heavy atom. The second-order valence-electron chi connectivity index (χ2n) is 3.98. The maximum atomic E-state index is 11.9. The first-order valence-corrected chi connectivity index (χ1v) is 6.17. The number of nitrogens with two attached hydrogens (primary N) is 1. The van der Waals surface area contributed by atoms with Gasteiger partial charge in [-0.1, -0.05) is 18.5 Å². The molecule has 0 saturated carbocycles. The number of ether oxygens (including phenoxy) is 1. The molecule has 2 aromatic rings. The molecule has 0 aliphatic carbocycles. The molecule has 6 heteroatoms. The van der Waals surface area contributed by atoms with E-state index in [-0.39, 0.29) is 11.4 Å². The van der Waals surface area contributed by atoms with Gasteiger partial charge in [0.2, 0.25) is 0 Å². The number of methoxy groups -OCH3 is 1. The molecule has 1 aromatic heterocycles. The number of H-pyrrole nitrogens is 1. The van der Waals surface area contributed by atoms with Crippen LogP contribution in [0.15, 0.2) is 23.0 Å². The van der Waals surface area contributed by atoms with Gasteiger partial charge < -0.3 is 15.5 Å². The Morgan fingerprint density at radius 3 is 2.79 bits per heavy atom. The van der Waals surface area contributed by atoms with Crippen LogP contribution in [-0.4, -0.2) is 17.1 Å². The number of nitrogens with zero attached hydrogens (tertiary/aromatic N) is 1. The van der Waals surface area contributed by atoms with Gasteiger partial charge in [0.1, 0.15) is 17.4 Å². The molecule has 0 spiro atoms. The predicted octanol–water partition coefficient (Wildman–Crippen LogP) is 2.24. The lowest BCUT2D eigenvalue weighted by atomic mass is 10.1. The molecule has 0 atom stereocenters. The van der Waals surface area contributed by atoms with E-state index in [0.29, 0.717) is 34.1 Å². The van der Waals surface area contributed by atoms with Crippen molar-refractivity contribution >= 4 is 17.4 Å². The van der Waals surface area contributed by atoms with Crippen molar-refractivity contribution < 1.29 is 4.74 Å². The van der Waals surface area contributed by atoms with Crippen LogP contribution in [0.1, 0.15) is 12.5 Å². The Kier molecular flexibility index (Phi) is 3.76. The van der Waals surface area contributed by atoms with Crippen molar-refractivity contribution in [1.29, 1.82) is 0 Å². The Morgan fingerprint density at radius 2 is 2.21 bits per heavy atom. The highest BCUT2D eigenvalue weighted by Crippen LogP contribution is 2.30. The van der Waals surface area contributed by atoms with Crippen LogP contribution < -0.4 is 16.0 Å². The minimum absolute atomic E-state index is 0.234. The van der Waals surface area contributed by atoms with Gasteiger partial charge >= 0.3 is 0 Å². The van der Waals surface area contributed by atoms with E-state index in [1.165, 1.54) is 7.11 Å². The van der Waals surface area contributed by atoms with Crippen LogP contribution in [-0.2, 0) is 6.42 Å². The quantitative estimate of drug-likeness (QED) is 0.903. The maximum absolute atomic E-state index is 11.9. The predicted molar refractivity (Wildman–Crippen MR) is 75.6 cm³/mol. The normalized spacial score (nSPS) is 10.5. The molecule has 0 aliphatic heterocycles. The van der Waals surface area contributed by atoms with Gasteiger partial charge in [0.15, 0.2) is 0 Å². The van der Waals surface area contributed by atoms with E-state index < -0.39 is 0 Å². The molecule has 0 amide bonds. The Hall–Kier alpha value is -2.01. The Labute approximate surface area is 115 Å². The summed E-state index contributed by atoms with van der Waals surface area (Å²) in [5.74, 6) is 1.13. The molecule has 0 radical (unpaired) electrons. The molecule has 0 saturated heterocycles. The summed E-state index contributed by atoms with van der Waals surface area (Å²) in [6.45, 7) is 1.85. The molecule has 2 rings (SSSR count). The fourth-order valence-electron chi connectivity index (χ4n) is 1.85. The molecule has 0 unspecified atom stereocenters. The van der Waals surface area contributed by atoms with Gasteiger partial charge in [0.05, 0.1) is 18.2 Å². The van der Waals surface area contributed by atoms with Gasteiger partial charge in [-0.15, -0.1) is 0 Å². The van der Waals surface area contributed by atoms with Crippen molar-refractivity contribution in [2.45, 2.75) is 13.3 Å².